The highest BCUT2D eigenvalue weighted by atomic mass is 35.5. The number of methoxy groups -OCH3 is 2. The summed E-state index contributed by atoms with van der Waals surface area (Å²) < 4.78 is 10.5. The zero-order chi connectivity index (χ0) is 17.6. The first-order valence-corrected chi connectivity index (χ1v) is 7.77. The van der Waals surface area contributed by atoms with Crippen LogP contribution in [0.2, 0.25) is 5.02 Å². The Balaban J connectivity index is 1.79. The number of ether oxygens (including phenoxy) is 2. The molecule has 1 aromatic heterocycles. The second-order valence-electron chi connectivity index (χ2n) is 4.96. The van der Waals surface area contributed by atoms with Crippen LogP contribution in [-0.2, 0) is 0 Å². The molecule has 2 aromatic carbocycles. The average Bonchev–Trinajstić information content (AvgIpc) is 2.64. The van der Waals surface area contributed by atoms with Crippen LogP contribution in [0.4, 0.5) is 23.1 Å². The molecule has 25 heavy (non-hydrogen) atoms. The number of aromatic nitrogens is 3. The third-order valence-corrected chi connectivity index (χ3v) is 3.66. The molecular weight excluding hydrogens is 342 g/mol. The van der Waals surface area contributed by atoms with Crippen LogP contribution in [0.25, 0.3) is 0 Å². The number of nitrogens with zero attached hydrogens (tertiary/aromatic N) is 3. The molecule has 0 spiro atoms. The van der Waals surface area contributed by atoms with Crippen molar-refractivity contribution in [1.29, 1.82) is 0 Å². The van der Waals surface area contributed by atoms with E-state index in [2.05, 4.69) is 25.8 Å². The molecule has 3 rings (SSSR count). The summed E-state index contributed by atoms with van der Waals surface area (Å²) in [4.78, 5) is 4.38. The van der Waals surface area contributed by atoms with Gasteiger partial charge >= 0.3 is 0 Å². The Morgan fingerprint density at radius 1 is 0.960 bits per heavy atom. The van der Waals surface area contributed by atoms with Crippen molar-refractivity contribution in [3.05, 3.63) is 53.7 Å². The maximum absolute atomic E-state index is 6.13. The minimum Gasteiger partial charge on any atom is -0.493 e. The predicted molar refractivity (Wildman–Crippen MR) is 97.4 cm³/mol. The Bertz CT molecular complexity index is 875. The highest BCUT2D eigenvalue weighted by Crippen LogP contribution is 2.31. The molecule has 1 heterocycles. The van der Waals surface area contributed by atoms with Gasteiger partial charge in [-0.25, -0.2) is 0 Å². The normalized spacial score (nSPS) is 10.2. The molecule has 0 saturated carbocycles. The molecule has 0 atom stereocenters. The minimum atomic E-state index is 0.332. The Morgan fingerprint density at radius 2 is 1.76 bits per heavy atom. The number of benzene rings is 2. The minimum absolute atomic E-state index is 0.332. The second kappa shape index (κ2) is 7.67. The number of rotatable bonds is 6. The van der Waals surface area contributed by atoms with E-state index in [1.165, 1.54) is 6.20 Å². The van der Waals surface area contributed by atoms with Crippen molar-refractivity contribution in [1.82, 2.24) is 15.2 Å². The Morgan fingerprint density at radius 3 is 2.52 bits per heavy atom. The molecular formula is C17H16ClN5O2. The van der Waals surface area contributed by atoms with Crippen molar-refractivity contribution in [2.75, 3.05) is 24.9 Å². The van der Waals surface area contributed by atoms with Crippen molar-refractivity contribution in [3.63, 3.8) is 0 Å². The predicted octanol–water partition coefficient (Wildman–Crippen LogP) is 4.03. The molecule has 2 N–H and O–H groups in total. The zero-order valence-corrected chi connectivity index (χ0v) is 14.4. The molecule has 0 aliphatic heterocycles. The first-order valence-electron chi connectivity index (χ1n) is 7.40. The first-order chi connectivity index (χ1) is 12.2. The SMILES string of the molecule is COc1ccc(Nc2cnnc(Nc3ccccc3Cl)n2)cc1OC. The van der Waals surface area contributed by atoms with Gasteiger partial charge in [0.1, 0.15) is 0 Å². The van der Waals surface area contributed by atoms with E-state index in [0.717, 1.165) is 5.69 Å². The van der Waals surface area contributed by atoms with Crippen molar-refractivity contribution >= 4 is 34.7 Å². The van der Waals surface area contributed by atoms with E-state index in [1.807, 2.05) is 30.3 Å². The van der Waals surface area contributed by atoms with Gasteiger partial charge in [0.05, 0.1) is 31.1 Å². The van der Waals surface area contributed by atoms with Gasteiger partial charge in [0.25, 0.3) is 0 Å². The van der Waals surface area contributed by atoms with Gasteiger partial charge in [-0.05, 0) is 24.3 Å². The molecule has 7 nitrogen and oxygen atoms in total. The molecule has 0 saturated heterocycles. The van der Waals surface area contributed by atoms with Gasteiger partial charge in [-0.1, -0.05) is 23.7 Å². The van der Waals surface area contributed by atoms with E-state index in [-0.39, 0.29) is 0 Å². The van der Waals surface area contributed by atoms with E-state index in [0.29, 0.717) is 34.0 Å². The maximum atomic E-state index is 6.13. The number of anilines is 4. The number of nitrogens with one attached hydrogen (secondary N) is 2. The zero-order valence-electron chi connectivity index (χ0n) is 13.7. The van der Waals surface area contributed by atoms with Gasteiger partial charge in [-0.3, -0.25) is 0 Å². The van der Waals surface area contributed by atoms with Crippen LogP contribution in [0.5, 0.6) is 11.5 Å². The Labute approximate surface area is 150 Å². The van der Waals surface area contributed by atoms with E-state index in [1.54, 1.807) is 26.4 Å². The van der Waals surface area contributed by atoms with Crippen molar-refractivity contribution in [2.45, 2.75) is 0 Å². The van der Waals surface area contributed by atoms with E-state index < -0.39 is 0 Å². The summed E-state index contributed by atoms with van der Waals surface area (Å²) in [5.41, 5.74) is 1.48. The van der Waals surface area contributed by atoms with Crippen LogP contribution in [0.3, 0.4) is 0 Å². The molecule has 0 amide bonds. The Kier molecular flexibility index (Phi) is 5.15. The fraction of sp³-hybridized carbons (Fsp3) is 0.118. The smallest absolute Gasteiger partial charge is 0.249 e. The molecule has 0 fully saturated rings. The summed E-state index contributed by atoms with van der Waals surface area (Å²) in [6.07, 6.45) is 1.52. The lowest BCUT2D eigenvalue weighted by Gasteiger charge is -2.11. The average molecular weight is 358 g/mol. The van der Waals surface area contributed by atoms with E-state index >= 15 is 0 Å². The monoisotopic (exact) mass is 357 g/mol. The third-order valence-electron chi connectivity index (χ3n) is 3.34. The fourth-order valence-corrected chi connectivity index (χ4v) is 2.34. The third kappa shape index (κ3) is 4.07. The van der Waals surface area contributed by atoms with Crippen LogP contribution in [0.1, 0.15) is 0 Å². The van der Waals surface area contributed by atoms with E-state index in [4.69, 9.17) is 21.1 Å². The largest absolute Gasteiger partial charge is 0.493 e. The van der Waals surface area contributed by atoms with Gasteiger partial charge in [0.2, 0.25) is 5.95 Å². The summed E-state index contributed by atoms with van der Waals surface area (Å²) in [5.74, 6) is 2.12. The molecule has 0 bridgehead atoms. The molecule has 0 radical (unpaired) electrons. The Hall–Kier alpha value is -3.06. The molecule has 3 aromatic rings. The van der Waals surface area contributed by atoms with Crippen LogP contribution in [0.15, 0.2) is 48.7 Å². The van der Waals surface area contributed by atoms with Gasteiger partial charge in [0.15, 0.2) is 17.3 Å². The summed E-state index contributed by atoms with van der Waals surface area (Å²) >= 11 is 6.13. The number of hydrogen-bond donors (Lipinski definition) is 2. The first kappa shape index (κ1) is 16.8. The number of hydrogen-bond acceptors (Lipinski definition) is 7. The topological polar surface area (TPSA) is 81.2 Å². The summed E-state index contributed by atoms with van der Waals surface area (Å²) in [5, 5.41) is 14.7. The van der Waals surface area contributed by atoms with Gasteiger partial charge in [0, 0.05) is 11.8 Å². The van der Waals surface area contributed by atoms with Gasteiger partial charge < -0.3 is 20.1 Å². The van der Waals surface area contributed by atoms with Crippen LogP contribution >= 0.6 is 11.6 Å². The van der Waals surface area contributed by atoms with Crippen molar-refractivity contribution < 1.29 is 9.47 Å². The summed E-state index contributed by atoms with van der Waals surface area (Å²) in [7, 11) is 3.17. The van der Waals surface area contributed by atoms with Crippen molar-refractivity contribution in [3.8, 4) is 11.5 Å². The molecule has 0 aliphatic rings. The van der Waals surface area contributed by atoms with Gasteiger partial charge in [-0.15, -0.1) is 5.10 Å². The number of halogens is 1. The lowest BCUT2D eigenvalue weighted by Crippen LogP contribution is -2.03. The molecule has 0 unspecified atom stereocenters. The lowest BCUT2D eigenvalue weighted by atomic mass is 10.2. The van der Waals surface area contributed by atoms with Crippen LogP contribution in [-0.4, -0.2) is 29.4 Å². The molecule has 8 heteroatoms. The highest BCUT2D eigenvalue weighted by Gasteiger charge is 2.07. The van der Waals surface area contributed by atoms with E-state index in [9.17, 15) is 0 Å². The molecule has 128 valence electrons. The summed E-state index contributed by atoms with van der Waals surface area (Å²) in [6, 6.07) is 12.8. The second-order valence-corrected chi connectivity index (χ2v) is 5.37. The van der Waals surface area contributed by atoms with Gasteiger partial charge in [-0.2, -0.15) is 10.1 Å². The quantitative estimate of drug-likeness (QED) is 0.689. The highest BCUT2D eigenvalue weighted by molar-refractivity contribution is 6.33. The number of para-hydroxylation sites is 1. The standard InChI is InChI=1S/C17H16ClN5O2/c1-24-14-8-7-11(9-15(14)25-2)20-16-10-19-23-17(22-16)21-13-6-4-3-5-12(13)18/h3-10H,1-2H3,(H2,20,21,22,23). The molecule has 0 aliphatic carbocycles. The van der Waals surface area contributed by atoms with Crippen LogP contribution in [0, 0.1) is 0 Å². The van der Waals surface area contributed by atoms with Crippen molar-refractivity contribution in [2.24, 2.45) is 0 Å². The lowest BCUT2D eigenvalue weighted by molar-refractivity contribution is 0.355. The maximum Gasteiger partial charge on any atom is 0.249 e. The summed E-state index contributed by atoms with van der Waals surface area (Å²) in [6.45, 7) is 0. The fourth-order valence-electron chi connectivity index (χ4n) is 2.16. The van der Waals surface area contributed by atoms with Crippen LogP contribution < -0.4 is 20.1 Å².